The van der Waals surface area contributed by atoms with Crippen LogP contribution in [0.15, 0.2) is 66.7 Å². The summed E-state index contributed by atoms with van der Waals surface area (Å²) >= 11 is 0. The van der Waals surface area contributed by atoms with Gasteiger partial charge in [-0.15, -0.1) is 0 Å². The van der Waals surface area contributed by atoms with Gasteiger partial charge in [0.1, 0.15) is 23.7 Å². The normalized spacial score (nSPS) is 11.9. The number of carbonyl (C=O) groups is 1. The molecule has 0 aliphatic heterocycles. The number of ether oxygens (including phenoxy) is 2. The van der Waals surface area contributed by atoms with Crippen molar-refractivity contribution in [3.63, 3.8) is 0 Å². The van der Waals surface area contributed by atoms with E-state index in [2.05, 4.69) is 34.0 Å². The molecule has 0 unspecified atom stereocenters. The van der Waals surface area contributed by atoms with Gasteiger partial charge in [0, 0.05) is 18.9 Å². The summed E-state index contributed by atoms with van der Waals surface area (Å²) in [5, 5.41) is 2.59. The Hall–Kier alpha value is -3.92. The average Bonchev–Trinajstić information content (AvgIpc) is 3.12. The third kappa shape index (κ3) is 5.12. The predicted octanol–water partition coefficient (Wildman–Crippen LogP) is 5.71. The molecule has 1 N–H and O–H groups in total. The zero-order valence-electron chi connectivity index (χ0n) is 17.5. The lowest BCUT2D eigenvalue weighted by molar-refractivity contribution is -0.0501. The topological polar surface area (TPSA) is 47.6 Å². The summed E-state index contributed by atoms with van der Waals surface area (Å²) in [4.78, 5) is 12.1. The van der Waals surface area contributed by atoms with Crippen molar-refractivity contribution in [1.82, 2.24) is 5.32 Å². The van der Waals surface area contributed by atoms with Gasteiger partial charge in [0.15, 0.2) is 0 Å². The van der Waals surface area contributed by atoms with Gasteiger partial charge in [0.05, 0.1) is 0 Å². The minimum Gasteiger partial charge on any atom is -0.449 e. The molecule has 168 valence electrons. The number of hydrogen-bond acceptors (Lipinski definition) is 3. The summed E-state index contributed by atoms with van der Waals surface area (Å²) in [5.74, 6) is 4.00. The van der Waals surface area contributed by atoms with Crippen LogP contribution in [0.4, 0.5) is 18.0 Å². The van der Waals surface area contributed by atoms with Gasteiger partial charge in [0.25, 0.3) is 0 Å². The lowest BCUT2D eigenvalue weighted by Crippen LogP contribution is -2.26. The SMILES string of the molecule is O=C(NCCC#Cc1c(F)cccc1OC(F)F)OCC1c2ccccc2-c2ccccc21. The number of benzene rings is 3. The second-order valence-corrected chi connectivity index (χ2v) is 7.30. The molecule has 4 nitrogen and oxygen atoms in total. The van der Waals surface area contributed by atoms with Crippen molar-refractivity contribution in [2.24, 2.45) is 0 Å². The highest BCUT2D eigenvalue weighted by Gasteiger charge is 2.28. The molecule has 7 heteroatoms. The maximum absolute atomic E-state index is 13.9. The van der Waals surface area contributed by atoms with Crippen LogP contribution in [-0.2, 0) is 4.74 Å². The molecule has 33 heavy (non-hydrogen) atoms. The van der Waals surface area contributed by atoms with E-state index in [0.717, 1.165) is 28.3 Å². The third-order valence-electron chi connectivity index (χ3n) is 5.27. The van der Waals surface area contributed by atoms with Crippen LogP contribution in [0.25, 0.3) is 11.1 Å². The first-order chi connectivity index (χ1) is 16.0. The Morgan fingerprint density at radius 3 is 2.30 bits per heavy atom. The van der Waals surface area contributed by atoms with Crippen LogP contribution in [0.2, 0.25) is 0 Å². The second kappa shape index (κ2) is 10.1. The zero-order chi connectivity index (χ0) is 23.2. The Kier molecular flexibility index (Phi) is 6.84. The van der Waals surface area contributed by atoms with E-state index in [1.165, 1.54) is 12.1 Å². The Labute approximate surface area is 189 Å². The molecule has 3 aromatic carbocycles. The van der Waals surface area contributed by atoms with Crippen LogP contribution in [0, 0.1) is 17.7 Å². The summed E-state index contributed by atoms with van der Waals surface area (Å²) in [6.07, 6.45) is -0.418. The highest BCUT2D eigenvalue weighted by atomic mass is 19.3. The first-order valence-corrected chi connectivity index (χ1v) is 10.4. The van der Waals surface area contributed by atoms with Crippen molar-refractivity contribution in [3.05, 3.63) is 89.2 Å². The zero-order valence-corrected chi connectivity index (χ0v) is 17.5. The fourth-order valence-corrected chi connectivity index (χ4v) is 3.85. The first-order valence-electron chi connectivity index (χ1n) is 10.4. The third-order valence-corrected chi connectivity index (χ3v) is 5.27. The lowest BCUT2D eigenvalue weighted by Gasteiger charge is -2.14. The fourth-order valence-electron chi connectivity index (χ4n) is 3.85. The number of rotatable bonds is 6. The fraction of sp³-hybridized carbons (Fsp3) is 0.192. The maximum Gasteiger partial charge on any atom is 0.407 e. The van der Waals surface area contributed by atoms with Crippen molar-refractivity contribution in [3.8, 4) is 28.7 Å². The number of fused-ring (bicyclic) bond motifs is 3. The second-order valence-electron chi connectivity index (χ2n) is 7.30. The molecule has 0 atom stereocenters. The summed E-state index contributed by atoms with van der Waals surface area (Å²) in [7, 11) is 0. The van der Waals surface area contributed by atoms with Gasteiger partial charge in [-0.25, -0.2) is 9.18 Å². The Morgan fingerprint density at radius 1 is 0.970 bits per heavy atom. The average molecular weight is 451 g/mol. The van der Waals surface area contributed by atoms with E-state index in [4.69, 9.17) is 4.74 Å². The Balaban J connectivity index is 1.30. The van der Waals surface area contributed by atoms with Gasteiger partial charge in [-0.05, 0) is 34.4 Å². The van der Waals surface area contributed by atoms with Crippen LogP contribution in [-0.4, -0.2) is 25.9 Å². The molecule has 0 bridgehead atoms. The molecule has 0 aromatic heterocycles. The summed E-state index contributed by atoms with van der Waals surface area (Å²) in [5.41, 5.74) is 4.26. The number of alkyl carbamates (subject to hydrolysis) is 1. The maximum atomic E-state index is 13.9. The van der Waals surface area contributed by atoms with E-state index >= 15 is 0 Å². The number of alkyl halides is 2. The Bertz CT molecular complexity index is 1170. The van der Waals surface area contributed by atoms with Gasteiger partial charge < -0.3 is 14.8 Å². The van der Waals surface area contributed by atoms with Gasteiger partial charge in [0.2, 0.25) is 0 Å². The summed E-state index contributed by atoms with van der Waals surface area (Å²) < 4.78 is 48.5. The van der Waals surface area contributed by atoms with E-state index in [1.54, 1.807) is 0 Å². The van der Waals surface area contributed by atoms with Crippen molar-refractivity contribution in [1.29, 1.82) is 0 Å². The number of nitrogens with one attached hydrogen (secondary N) is 1. The number of hydrogen-bond donors (Lipinski definition) is 1. The molecule has 1 amide bonds. The first kappa shape index (κ1) is 22.3. The minimum atomic E-state index is -3.08. The van der Waals surface area contributed by atoms with Crippen LogP contribution in [0.1, 0.15) is 29.0 Å². The molecule has 1 aliphatic rings. The molecular formula is C26H20F3NO3. The highest BCUT2D eigenvalue weighted by Crippen LogP contribution is 2.44. The van der Waals surface area contributed by atoms with Crippen LogP contribution >= 0.6 is 0 Å². The Morgan fingerprint density at radius 2 is 1.64 bits per heavy atom. The van der Waals surface area contributed by atoms with Crippen LogP contribution in [0.3, 0.4) is 0 Å². The highest BCUT2D eigenvalue weighted by molar-refractivity contribution is 5.79. The molecule has 0 fully saturated rings. The lowest BCUT2D eigenvalue weighted by atomic mass is 9.98. The molecule has 1 aliphatic carbocycles. The number of carbonyl (C=O) groups excluding carboxylic acids is 1. The van der Waals surface area contributed by atoms with Gasteiger partial charge >= 0.3 is 12.7 Å². The van der Waals surface area contributed by atoms with E-state index in [9.17, 15) is 18.0 Å². The predicted molar refractivity (Wildman–Crippen MR) is 118 cm³/mol. The number of halogens is 3. The van der Waals surface area contributed by atoms with Crippen molar-refractivity contribution in [2.75, 3.05) is 13.2 Å². The van der Waals surface area contributed by atoms with E-state index < -0.39 is 18.5 Å². The van der Waals surface area contributed by atoms with Crippen molar-refractivity contribution in [2.45, 2.75) is 19.0 Å². The molecule has 0 saturated carbocycles. The van der Waals surface area contributed by atoms with Gasteiger partial charge in [-0.2, -0.15) is 8.78 Å². The number of amides is 1. The molecular weight excluding hydrogens is 431 g/mol. The van der Waals surface area contributed by atoms with E-state index in [-0.39, 0.29) is 36.8 Å². The van der Waals surface area contributed by atoms with Crippen LogP contribution in [0.5, 0.6) is 5.75 Å². The minimum absolute atomic E-state index is 0.0442. The molecule has 0 heterocycles. The molecule has 3 aromatic rings. The molecule has 0 saturated heterocycles. The largest absolute Gasteiger partial charge is 0.449 e. The van der Waals surface area contributed by atoms with E-state index in [0.29, 0.717) is 0 Å². The smallest absolute Gasteiger partial charge is 0.407 e. The van der Waals surface area contributed by atoms with Gasteiger partial charge in [-0.3, -0.25) is 0 Å². The van der Waals surface area contributed by atoms with Gasteiger partial charge in [-0.1, -0.05) is 66.4 Å². The van der Waals surface area contributed by atoms with Crippen molar-refractivity contribution >= 4 is 6.09 Å². The standard InChI is InChI=1S/C26H20F3NO3/c27-23-13-7-14-24(33-25(28)29)21(23)12-5-6-15-30-26(31)32-16-22-19-10-3-1-8-17(19)18-9-2-4-11-20(18)22/h1-4,7-11,13-14,22,25H,6,15-16H2,(H,30,31). The molecule has 4 rings (SSSR count). The summed E-state index contributed by atoms with van der Waals surface area (Å²) in [6, 6.07) is 19.7. The van der Waals surface area contributed by atoms with Crippen LogP contribution < -0.4 is 10.1 Å². The molecule has 0 spiro atoms. The van der Waals surface area contributed by atoms with E-state index in [1.807, 2.05) is 36.4 Å². The molecule has 0 radical (unpaired) electrons. The quantitative estimate of drug-likeness (QED) is 0.386. The summed E-state index contributed by atoms with van der Waals surface area (Å²) in [6.45, 7) is -2.74. The monoisotopic (exact) mass is 451 g/mol. The van der Waals surface area contributed by atoms with Crippen molar-refractivity contribution < 1.29 is 27.4 Å².